The first-order valence-corrected chi connectivity index (χ1v) is 10.9. The molecule has 1 aromatic rings. The van der Waals surface area contributed by atoms with E-state index in [1.54, 1.807) is 0 Å². The normalized spacial score (nSPS) is 26.1. The maximum absolute atomic E-state index is 12.5. The number of benzene rings is 1. The Kier molecular flexibility index (Phi) is 7.67. The molecule has 0 amide bonds. The van der Waals surface area contributed by atoms with Crippen molar-refractivity contribution in [3.8, 4) is 0 Å². The quantitative estimate of drug-likeness (QED) is 0.586. The Morgan fingerprint density at radius 1 is 1.28 bits per heavy atom. The predicted octanol–water partition coefficient (Wildman–Crippen LogP) is 2.86. The van der Waals surface area contributed by atoms with Gasteiger partial charge in [-0.05, 0) is 57.4 Å². The van der Waals surface area contributed by atoms with E-state index < -0.39 is 18.1 Å². The maximum atomic E-state index is 12.5. The van der Waals surface area contributed by atoms with Gasteiger partial charge in [-0.2, -0.15) is 0 Å². The van der Waals surface area contributed by atoms with E-state index in [-0.39, 0.29) is 12.0 Å². The second-order valence-electron chi connectivity index (χ2n) is 8.44. The molecule has 6 nitrogen and oxygen atoms in total. The Balaban J connectivity index is 1.61. The van der Waals surface area contributed by atoms with Gasteiger partial charge in [0.15, 0.2) is 0 Å². The first-order valence-electron chi connectivity index (χ1n) is 10.9. The van der Waals surface area contributed by atoms with Crippen LogP contribution >= 0.6 is 0 Å². The van der Waals surface area contributed by atoms with E-state index >= 15 is 0 Å². The van der Waals surface area contributed by atoms with Gasteiger partial charge in [0.05, 0.1) is 6.61 Å². The van der Waals surface area contributed by atoms with Crippen LogP contribution in [-0.4, -0.2) is 59.3 Å². The summed E-state index contributed by atoms with van der Waals surface area (Å²) < 4.78 is 5.28. The van der Waals surface area contributed by atoms with Crippen LogP contribution in [0.5, 0.6) is 0 Å². The van der Waals surface area contributed by atoms with Crippen molar-refractivity contribution in [3.63, 3.8) is 0 Å². The summed E-state index contributed by atoms with van der Waals surface area (Å²) in [5, 5.41) is 13.1. The number of likely N-dealkylation sites (tertiary alicyclic amines) is 1. The number of nitrogens with zero attached hydrogens (tertiary/aromatic N) is 1. The zero-order valence-corrected chi connectivity index (χ0v) is 17.5. The molecule has 1 aliphatic heterocycles. The third kappa shape index (κ3) is 5.58. The van der Waals surface area contributed by atoms with Crippen molar-refractivity contribution >= 4 is 11.9 Å². The number of rotatable bonds is 10. The Morgan fingerprint density at radius 2 is 2.03 bits per heavy atom. The summed E-state index contributed by atoms with van der Waals surface area (Å²) in [4.78, 5) is 26.4. The Labute approximate surface area is 173 Å². The van der Waals surface area contributed by atoms with Crippen molar-refractivity contribution in [3.05, 3.63) is 35.9 Å². The van der Waals surface area contributed by atoms with E-state index in [0.717, 1.165) is 25.7 Å². The molecule has 1 aromatic carbocycles. The molecule has 2 N–H and O–H groups in total. The molecule has 0 spiro atoms. The minimum absolute atomic E-state index is 0.00128. The molecule has 1 heterocycles. The Bertz CT molecular complexity index is 681. The summed E-state index contributed by atoms with van der Waals surface area (Å²) in [6.45, 7) is 4.85. The summed E-state index contributed by atoms with van der Waals surface area (Å²) in [5.74, 6) is -0.454. The van der Waals surface area contributed by atoms with Crippen molar-refractivity contribution in [2.75, 3.05) is 13.2 Å². The summed E-state index contributed by atoms with van der Waals surface area (Å²) in [6, 6.07) is 9.69. The molecular formula is C23H34N2O4. The smallest absolute Gasteiger partial charge is 0.323 e. The average Bonchev–Trinajstić information content (AvgIpc) is 3.29. The van der Waals surface area contributed by atoms with Crippen LogP contribution in [0.1, 0.15) is 51.5 Å². The van der Waals surface area contributed by atoms with E-state index in [1.165, 1.54) is 12.0 Å². The molecule has 3 rings (SSSR count). The number of hydrogen-bond acceptors (Lipinski definition) is 5. The molecule has 5 atom stereocenters. The fraction of sp³-hybridized carbons (Fsp3) is 0.652. The zero-order chi connectivity index (χ0) is 20.8. The highest BCUT2D eigenvalue weighted by atomic mass is 16.5. The molecule has 1 saturated heterocycles. The monoisotopic (exact) mass is 402 g/mol. The number of fused-ring (bicyclic) bond motifs is 1. The van der Waals surface area contributed by atoms with Crippen LogP contribution < -0.4 is 5.32 Å². The van der Waals surface area contributed by atoms with Crippen molar-refractivity contribution in [2.45, 2.75) is 76.5 Å². The molecule has 1 aliphatic carbocycles. The number of aliphatic carboxylic acids is 1. The molecule has 29 heavy (non-hydrogen) atoms. The average molecular weight is 403 g/mol. The van der Waals surface area contributed by atoms with Gasteiger partial charge in [0.25, 0.3) is 0 Å². The Hall–Kier alpha value is -1.92. The minimum atomic E-state index is -0.724. The first-order chi connectivity index (χ1) is 14.0. The van der Waals surface area contributed by atoms with Gasteiger partial charge in [-0.1, -0.05) is 36.8 Å². The summed E-state index contributed by atoms with van der Waals surface area (Å²) in [5.41, 5.74) is 1.19. The van der Waals surface area contributed by atoms with Crippen LogP contribution in [0.2, 0.25) is 0 Å². The van der Waals surface area contributed by atoms with Gasteiger partial charge in [-0.25, -0.2) is 0 Å². The number of nitrogens with one attached hydrogen (secondary N) is 1. The molecule has 0 aromatic heterocycles. The maximum Gasteiger partial charge on any atom is 0.323 e. The third-order valence-electron chi connectivity index (χ3n) is 6.36. The van der Waals surface area contributed by atoms with E-state index in [2.05, 4.69) is 22.3 Å². The number of carbonyl (C=O) groups excluding carboxylic acids is 1. The van der Waals surface area contributed by atoms with Gasteiger partial charge in [-0.3, -0.25) is 14.5 Å². The lowest BCUT2D eigenvalue weighted by molar-refractivity contribution is -0.146. The molecule has 160 valence electrons. The van der Waals surface area contributed by atoms with E-state index in [9.17, 15) is 14.7 Å². The van der Waals surface area contributed by atoms with Crippen LogP contribution in [0.25, 0.3) is 0 Å². The van der Waals surface area contributed by atoms with Gasteiger partial charge in [0.1, 0.15) is 12.1 Å². The van der Waals surface area contributed by atoms with Crippen LogP contribution in [-0.2, 0) is 20.7 Å². The largest absolute Gasteiger partial charge is 0.480 e. The number of ether oxygens (including phenoxy) is 1. The van der Waals surface area contributed by atoms with Crippen molar-refractivity contribution in [2.24, 2.45) is 5.92 Å². The second-order valence-corrected chi connectivity index (χ2v) is 8.44. The molecule has 0 bridgehead atoms. The molecule has 1 saturated carbocycles. The highest BCUT2D eigenvalue weighted by Gasteiger charge is 2.46. The lowest BCUT2D eigenvalue weighted by atomic mass is 10.0. The van der Waals surface area contributed by atoms with E-state index in [1.807, 2.05) is 32.0 Å². The number of hydrogen-bond donors (Lipinski definition) is 2. The number of aryl methyl sites for hydroxylation is 1. The molecule has 0 unspecified atom stereocenters. The van der Waals surface area contributed by atoms with Crippen molar-refractivity contribution < 1.29 is 19.4 Å². The highest BCUT2D eigenvalue weighted by molar-refractivity contribution is 5.76. The summed E-state index contributed by atoms with van der Waals surface area (Å²) >= 11 is 0. The molecular weight excluding hydrogens is 368 g/mol. The molecule has 6 heteroatoms. The molecule has 2 aliphatic rings. The van der Waals surface area contributed by atoms with Crippen LogP contribution in [0, 0.1) is 5.92 Å². The third-order valence-corrected chi connectivity index (χ3v) is 6.36. The Morgan fingerprint density at radius 3 is 2.72 bits per heavy atom. The standard InChI is InChI=1S/C23H34N2O4/c1-3-29-23(28)19(13-12-17-8-5-4-6-9-17)24-16(2)15-25-20-11-7-10-18(20)14-21(25)22(26)27/h4-6,8-9,16,18-21,24H,3,7,10-15H2,1-2H3,(H,26,27)/t16-,18-,19-,20-,21-/m0/s1. The van der Waals surface area contributed by atoms with E-state index in [0.29, 0.717) is 31.5 Å². The van der Waals surface area contributed by atoms with Crippen LogP contribution in [0.3, 0.4) is 0 Å². The lowest BCUT2D eigenvalue weighted by Gasteiger charge is -2.32. The predicted molar refractivity (Wildman–Crippen MR) is 112 cm³/mol. The van der Waals surface area contributed by atoms with Gasteiger partial charge in [-0.15, -0.1) is 0 Å². The summed E-state index contributed by atoms with van der Waals surface area (Å²) in [6.07, 6.45) is 5.59. The van der Waals surface area contributed by atoms with Gasteiger partial charge >= 0.3 is 11.9 Å². The number of carboxylic acid groups (broad SMARTS) is 1. The highest BCUT2D eigenvalue weighted by Crippen LogP contribution is 2.41. The fourth-order valence-electron chi connectivity index (χ4n) is 5.07. The number of esters is 1. The van der Waals surface area contributed by atoms with Gasteiger partial charge in [0, 0.05) is 18.6 Å². The topological polar surface area (TPSA) is 78.9 Å². The van der Waals surface area contributed by atoms with Crippen LogP contribution in [0.15, 0.2) is 30.3 Å². The minimum Gasteiger partial charge on any atom is -0.480 e. The second kappa shape index (κ2) is 10.2. The van der Waals surface area contributed by atoms with Gasteiger partial charge < -0.3 is 15.2 Å². The van der Waals surface area contributed by atoms with Crippen molar-refractivity contribution in [1.82, 2.24) is 10.2 Å². The number of carboxylic acids is 1. The lowest BCUT2D eigenvalue weighted by Crippen LogP contribution is -2.51. The zero-order valence-electron chi connectivity index (χ0n) is 17.5. The number of carbonyl (C=O) groups is 2. The fourth-order valence-corrected chi connectivity index (χ4v) is 5.07. The molecule has 0 radical (unpaired) electrons. The molecule has 2 fully saturated rings. The summed E-state index contributed by atoms with van der Waals surface area (Å²) in [7, 11) is 0. The first kappa shape index (κ1) is 21.8. The van der Waals surface area contributed by atoms with Gasteiger partial charge in [0.2, 0.25) is 0 Å². The van der Waals surface area contributed by atoms with E-state index in [4.69, 9.17) is 4.74 Å². The van der Waals surface area contributed by atoms with Crippen molar-refractivity contribution in [1.29, 1.82) is 0 Å². The SMILES string of the molecule is CCOC(=O)[C@H](CCc1ccccc1)N[C@@H](C)CN1[C@H](C(=O)O)C[C@@H]2CCC[C@@H]21. The van der Waals surface area contributed by atoms with Crippen LogP contribution in [0.4, 0.5) is 0 Å².